The van der Waals surface area contributed by atoms with Gasteiger partial charge >= 0.3 is 0 Å². The maximum absolute atomic E-state index is 5.57. The number of fused-ring (bicyclic) bond motifs is 1. The van der Waals surface area contributed by atoms with E-state index in [1.165, 1.54) is 27.7 Å². The second-order valence-corrected chi connectivity index (χ2v) is 5.17. The molecule has 2 heterocycles. The maximum atomic E-state index is 5.57. The summed E-state index contributed by atoms with van der Waals surface area (Å²) in [6.45, 7) is 6.87. The van der Waals surface area contributed by atoms with Gasteiger partial charge in [-0.25, -0.2) is 0 Å². The van der Waals surface area contributed by atoms with Gasteiger partial charge in [-0.2, -0.15) is 0 Å². The molecule has 3 heteroatoms. The van der Waals surface area contributed by atoms with Crippen LogP contribution in [0.25, 0.3) is 10.9 Å². The van der Waals surface area contributed by atoms with E-state index in [1.807, 2.05) is 0 Å². The molecule has 1 N–H and O–H groups in total. The lowest BCUT2D eigenvalue weighted by Crippen LogP contribution is -2.35. The van der Waals surface area contributed by atoms with Crippen LogP contribution in [0, 0.1) is 13.8 Å². The number of morpholine rings is 1. The molecule has 1 aliphatic rings. The van der Waals surface area contributed by atoms with Crippen molar-refractivity contribution in [3.63, 3.8) is 0 Å². The van der Waals surface area contributed by atoms with E-state index in [-0.39, 0.29) is 0 Å². The molecule has 1 aromatic heterocycles. The third-order valence-electron chi connectivity index (χ3n) is 3.93. The van der Waals surface area contributed by atoms with E-state index in [0.29, 0.717) is 6.04 Å². The second kappa shape index (κ2) is 4.41. The Morgan fingerprint density at radius 2 is 2.06 bits per heavy atom. The van der Waals surface area contributed by atoms with Gasteiger partial charge in [0.2, 0.25) is 0 Å². The molecule has 2 aromatic rings. The number of ether oxygens (including phenoxy) is 1. The summed E-state index contributed by atoms with van der Waals surface area (Å²) >= 11 is 0. The van der Waals surface area contributed by atoms with Gasteiger partial charge in [0.25, 0.3) is 0 Å². The Bertz CT molecular complexity index is 580. The zero-order valence-corrected chi connectivity index (χ0v) is 11.3. The van der Waals surface area contributed by atoms with Crippen molar-refractivity contribution in [1.29, 1.82) is 0 Å². The van der Waals surface area contributed by atoms with Crippen molar-refractivity contribution in [3.05, 3.63) is 35.0 Å². The Morgan fingerprint density at radius 3 is 2.72 bits per heavy atom. The number of aromatic nitrogens is 1. The lowest BCUT2D eigenvalue weighted by atomic mass is 10.1. The quantitative estimate of drug-likeness (QED) is 0.834. The summed E-state index contributed by atoms with van der Waals surface area (Å²) in [7, 11) is 2.15. The molecular weight excluding hydrogens is 224 g/mol. The van der Waals surface area contributed by atoms with E-state index in [1.54, 1.807) is 0 Å². The molecular formula is C15H20N2O. The number of hydrogen-bond acceptors (Lipinski definition) is 2. The van der Waals surface area contributed by atoms with Crippen LogP contribution in [0.4, 0.5) is 0 Å². The number of nitrogens with one attached hydrogen (secondary N) is 1. The first-order chi connectivity index (χ1) is 8.68. The van der Waals surface area contributed by atoms with Gasteiger partial charge in [0.15, 0.2) is 0 Å². The predicted octanol–water partition coefficient (Wildman–Crippen LogP) is 2.46. The summed E-state index contributed by atoms with van der Waals surface area (Å²) in [4.78, 5) is 0. The molecule has 1 atom stereocenters. The fourth-order valence-corrected chi connectivity index (χ4v) is 2.91. The van der Waals surface area contributed by atoms with Crippen molar-refractivity contribution >= 4 is 10.9 Å². The van der Waals surface area contributed by atoms with Crippen LogP contribution in [0.3, 0.4) is 0 Å². The highest BCUT2D eigenvalue weighted by Gasteiger charge is 2.20. The van der Waals surface area contributed by atoms with Crippen molar-refractivity contribution in [3.8, 4) is 0 Å². The average molecular weight is 244 g/mol. The van der Waals surface area contributed by atoms with Crippen LogP contribution >= 0.6 is 0 Å². The zero-order valence-electron chi connectivity index (χ0n) is 11.3. The molecule has 3 nitrogen and oxygen atoms in total. The minimum atomic E-state index is 0.315. The molecule has 1 fully saturated rings. The Hall–Kier alpha value is -1.32. The highest BCUT2D eigenvalue weighted by atomic mass is 16.5. The number of nitrogens with zero attached hydrogens (tertiary/aromatic N) is 1. The van der Waals surface area contributed by atoms with Crippen molar-refractivity contribution in [1.82, 2.24) is 9.88 Å². The van der Waals surface area contributed by atoms with Crippen LogP contribution < -0.4 is 5.32 Å². The van der Waals surface area contributed by atoms with Crippen LogP contribution in [0.2, 0.25) is 0 Å². The minimum absolute atomic E-state index is 0.315. The highest BCUT2D eigenvalue weighted by molar-refractivity contribution is 5.87. The first kappa shape index (κ1) is 11.8. The van der Waals surface area contributed by atoms with Crippen LogP contribution in [0.15, 0.2) is 18.2 Å². The van der Waals surface area contributed by atoms with Crippen LogP contribution in [-0.4, -0.2) is 24.3 Å². The molecule has 1 aromatic carbocycles. The molecule has 1 unspecified atom stereocenters. The van der Waals surface area contributed by atoms with E-state index in [4.69, 9.17) is 4.74 Å². The second-order valence-electron chi connectivity index (χ2n) is 5.17. The predicted molar refractivity (Wildman–Crippen MR) is 74.0 cm³/mol. The monoisotopic (exact) mass is 244 g/mol. The van der Waals surface area contributed by atoms with Crippen LogP contribution in [0.5, 0.6) is 0 Å². The normalized spacial score (nSPS) is 20.5. The summed E-state index contributed by atoms with van der Waals surface area (Å²) in [5, 5.41) is 4.89. The van der Waals surface area contributed by atoms with Gasteiger partial charge in [-0.15, -0.1) is 0 Å². The molecule has 0 aliphatic carbocycles. The van der Waals surface area contributed by atoms with E-state index in [0.717, 1.165) is 19.8 Å². The fraction of sp³-hybridized carbons (Fsp3) is 0.467. The molecule has 3 rings (SSSR count). The molecule has 96 valence electrons. The largest absolute Gasteiger partial charge is 0.378 e. The van der Waals surface area contributed by atoms with Crippen molar-refractivity contribution < 1.29 is 4.74 Å². The Kier molecular flexibility index (Phi) is 2.88. The van der Waals surface area contributed by atoms with Crippen LogP contribution in [-0.2, 0) is 11.8 Å². The summed E-state index contributed by atoms with van der Waals surface area (Å²) in [5.41, 5.74) is 5.34. The van der Waals surface area contributed by atoms with Crippen molar-refractivity contribution in [2.75, 3.05) is 19.8 Å². The van der Waals surface area contributed by atoms with E-state index < -0.39 is 0 Å². The fourth-order valence-electron chi connectivity index (χ4n) is 2.91. The number of aryl methyl sites for hydroxylation is 3. The lowest BCUT2D eigenvalue weighted by molar-refractivity contribution is 0.0749. The highest BCUT2D eigenvalue weighted by Crippen LogP contribution is 2.29. The van der Waals surface area contributed by atoms with Gasteiger partial charge in [-0.3, -0.25) is 0 Å². The molecule has 0 bridgehead atoms. The first-order valence-electron chi connectivity index (χ1n) is 6.55. The summed E-state index contributed by atoms with van der Waals surface area (Å²) in [6.07, 6.45) is 0. The summed E-state index contributed by atoms with van der Waals surface area (Å²) < 4.78 is 7.88. The summed E-state index contributed by atoms with van der Waals surface area (Å²) in [5.74, 6) is 0. The SMILES string of the molecule is Cc1ccc(C)c2c1cc(C1COCCN1)n2C. The maximum Gasteiger partial charge on any atom is 0.0713 e. The van der Waals surface area contributed by atoms with E-state index in [2.05, 4.69) is 49.0 Å². The van der Waals surface area contributed by atoms with Crippen molar-refractivity contribution in [2.24, 2.45) is 7.05 Å². The Balaban J connectivity index is 2.16. The molecule has 1 saturated heterocycles. The van der Waals surface area contributed by atoms with E-state index >= 15 is 0 Å². The molecule has 0 amide bonds. The molecule has 1 aliphatic heterocycles. The van der Waals surface area contributed by atoms with Gasteiger partial charge < -0.3 is 14.6 Å². The lowest BCUT2D eigenvalue weighted by Gasteiger charge is -2.24. The van der Waals surface area contributed by atoms with Gasteiger partial charge in [0, 0.05) is 24.7 Å². The Morgan fingerprint density at radius 1 is 1.28 bits per heavy atom. The number of benzene rings is 1. The topological polar surface area (TPSA) is 26.2 Å². The number of rotatable bonds is 1. The van der Waals surface area contributed by atoms with Crippen molar-refractivity contribution in [2.45, 2.75) is 19.9 Å². The Labute approximate surface area is 108 Å². The van der Waals surface area contributed by atoms with Crippen LogP contribution in [0.1, 0.15) is 22.9 Å². The molecule has 0 saturated carbocycles. The van der Waals surface area contributed by atoms with E-state index in [9.17, 15) is 0 Å². The third kappa shape index (κ3) is 1.74. The first-order valence-corrected chi connectivity index (χ1v) is 6.55. The molecule has 0 radical (unpaired) electrons. The number of hydrogen-bond donors (Lipinski definition) is 1. The van der Waals surface area contributed by atoms with Gasteiger partial charge in [0.05, 0.1) is 24.8 Å². The average Bonchev–Trinajstić information content (AvgIpc) is 2.74. The zero-order chi connectivity index (χ0) is 12.7. The third-order valence-corrected chi connectivity index (χ3v) is 3.93. The molecule has 18 heavy (non-hydrogen) atoms. The van der Waals surface area contributed by atoms with Gasteiger partial charge in [-0.05, 0) is 31.0 Å². The minimum Gasteiger partial charge on any atom is -0.378 e. The smallest absolute Gasteiger partial charge is 0.0713 e. The van der Waals surface area contributed by atoms with Gasteiger partial charge in [0.1, 0.15) is 0 Å². The standard InChI is InChI=1S/C15H20N2O/c1-10-4-5-11(2)15-12(10)8-14(17(15)3)13-9-18-7-6-16-13/h4-5,8,13,16H,6-7,9H2,1-3H3. The molecule has 0 spiro atoms. The van der Waals surface area contributed by atoms with Gasteiger partial charge in [-0.1, -0.05) is 12.1 Å². The summed E-state index contributed by atoms with van der Waals surface area (Å²) in [6, 6.07) is 7.03.